The summed E-state index contributed by atoms with van der Waals surface area (Å²) in [7, 11) is 0. The molecule has 1 rings (SSSR count). The van der Waals surface area contributed by atoms with Gasteiger partial charge in [-0.2, -0.15) is 0 Å². The minimum atomic E-state index is -0.0977. The van der Waals surface area contributed by atoms with Gasteiger partial charge in [0.2, 0.25) is 5.91 Å². The Kier molecular flexibility index (Phi) is 6.15. The molecule has 2 unspecified atom stereocenters. The van der Waals surface area contributed by atoms with Crippen LogP contribution in [0.4, 0.5) is 0 Å². The van der Waals surface area contributed by atoms with E-state index in [1.54, 1.807) is 4.90 Å². The summed E-state index contributed by atoms with van der Waals surface area (Å²) >= 11 is 0. The molecule has 0 radical (unpaired) electrons. The molecule has 0 fully saturated rings. The van der Waals surface area contributed by atoms with Crippen molar-refractivity contribution in [3.8, 4) is 12.3 Å². The molecule has 0 aliphatic carbocycles. The van der Waals surface area contributed by atoms with E-state index in [1.807, 2.05) is 37.3 Å². The van der Waals surface area contributed by atoms with Gasteiger partial charge in [0, 0.05) is 6.54 Å². The lowest BCUT2D eigenvalue weighted by molar-refractivity contribution is -0.133. The molecule has 0 bridgehead atoms. The van der Waals surface area contributed by atoms with Crippen molar-refractivity contribution in [2.24, 2.45) is 5.92 Å². The smallest absolute Gasteiger partial charge is 0.231 e. The van der Waals surface area contributed by atoms with Gasteiger partial charge in [0.1, 0.15) is 0 Å². The van der Waals surface area contributed by atoms with Gasteiger partial charge >= 0.3 is 0 Å². The molecule has 0 aliphatic heterocycles. The third-order valence-corrected chi connectivity index (χ3v) is 3.61. The quantitative estimate of drug-likeness (QED) is 0.716. The van der Waals surface area contributed by atoms with Gasteiger partial charge in [0.05, 0.1) is 12.5 Å². The van der Waals surface area contributed by atoms with Crippen LogP contribution < -0.4 is 0 Å². The van der Waals surface area contributed by atoms with Gasteiger partial charge in [0.25, 0.3) is 0 Å². The first-order chi connectivity index (χ1) is 9.15. The van der Waals surface area contributed by atoms with E-state index in [4.69, 9.17) is 6.42 Å². The van der Waals surface area contributed by atoms with Crippen LogP contribution in [0.2, 0.25) is 0 Å². The SMILES string of the molecule is C#CCN(CC)C(=O)C(c1ccccc1)C(C)CC. The summed E-state index contributed by atoms with van der Waals surface area (Å²) in [6.45, 7) is 7.25. The third-order valence-electron chi connectivity index (χ3n) is 3.61. The van der Waals surface area contributed by atoms with Crippen molar-refractivity contribution in [3.05, 3.63) is 35.9 Å². The van der Waals surface area contributed by atoms with E-state index in [1.165, 1.54) is 0 Å². The second-order valence-corrected chi connectivity index (χ2v) is 4.83. The Morgan fingerprint density at radius 1 is 1.32 bits per heavy atom. The molecule has 0 N–H and O–H groups in total. The zero-order valence-electron chi connectivity index (χ0n) is 12.1. The Hall–Kier alpha value is -1.75. The summed E-state index contributed by atoms with van der Waals surface area (Å²) in [5, 5.41) is 0. The van der Waals surface area contributed by atoms with Crippen LogP contribution in [0.3, 0.4) is 0 Å². The number of rotatable bonds is 6. The standard InChI is InChI=1S/C17H23NO/c1-5-13-18(7-3)17(19)16(14(4)6-2)15-11-9-8-10-12-15/h1,8-12,14,16H,6-7,13H2,2-4H3. The molecule has 2 nitrogen and oxygen atoms in total. The second-order valence-electron chi connectivity index (χ2n) is 4.83. The van der Waals surface area contributed by atoms with Crippen molar-refractivity contribution in [1.29, 1.82) is 0 Å². The van der Waals surface area contributed by atoms with Crippen LogP contribution in [0.25, 0.3) is 0 Å². The van der Waals surface area contributed by atoms with Crippen LogP contribution >= 0.6 is 0 Å². The number of nitrogens with zero attached hydrogens (tertiary/aromatic N) is 1. The number of carbonyl (C=O) groups excluding carboxylic acids is 1. The first-order valence-electron chi connectivity index (χ1n) is 6.92. The number of likely N-dealkylation sites (N-methyl/N-ethyl adjacent to an activating group) is 1. The van der Waals surface area contributed by atoms with Crippen molar-refractivity contribution < 1.29 is 4.79 Å². The maximum atomic E-state index is 12.7. The Morgan fingerprint density at radius 2 is 1.95 bits per heavy atom. The van der Waals surface area contributed by atoms with Crippen molar-refractivity contribution >= 4 is 5.91 Å². The van der Waals surface area contributed by atoms with Crippen molar-refractivity contribution in [1.82, 2.24) is 4.90 Å². The lowest BCUT2D eigenvalue weighted by Crippen LogP contribution is -2.37. The molecule has 0 aliphatic rings. The molecular weight excluding hydrogens is 234 g/mol. The molecule has 1 aromatic carbocycles. The topological polar surface area (TPSA) is 20.3 Å². The molecule has 1 aromatic rings. The molecule has 0 spiro atoms. The van der Waals surface area contributed by atoms with Crippen molar-refractivity contribution in [3.63, 3.8) is 0 Å². The second kappa shape index (κ2) is 7.63. The Labute approximate surface area is 116 Å². The summed E-state index contributed by atoms with van der Waals surface area (Å²) in [4.78, 5) is 14.4. The molecule has 102 valence electrons. The maximum absolute atomic E-state index is 12.7. The van der Waals surface area contributed by atoms with Gasteiger partial charge < -0.3 is 4.90 Å². The van der Waals surface area contributed by atoms with Crippen LogP contribution in [0.15, 0.2) is 30.3 Å². The van der Waals surface area contributed by atoms with Gasteiger partial charge in [-0.1, -0.05) is 56.5 Å². The first-order valence-corrected chi connectivity index (χ1v) is 6.92. The predicted molar refractivity (Wildman–Crippen MR) is 79.7 cm³/mol. The average molecular weight is 257 g/mol. The van der Waals surface area contributed by atoms with E-state index in [9.17, 15) is 4.79 Å². The van der Waals surface area contributed by atoms with E-state index < -0.39 is 0 Å². The Balaban J connectivity index is 3.04. The number of hydrogen-bond acceptors (Lipinski definition) is 1. The third kappa shape index (κ3) is 3.86. The van der Waals surface area contributed by atoms with Gasteiger partial charge in [-0.05, 0) is 18.4 Å². The molecule has 0 aromatic heterocycles. The minimum Gasteiger partial charge on any atom is -0.331 e. The van der Waals surface area contributed by atoms with Crippen LogP contribution in [0, 0.1) is 18.3 Å². The fraction of sp³-hybridized carbons (Fsp3) is 0.471. The lowest BCUT2D eigenvalue weighted by atomic mass is 9.84. The fourth-order valence-electron chi connectivity index (χ4n) is 2.26. The normalized spacial score (nSPS) is 13.4. The molecule has 1 amide bonds. The number of hydrogen-bond donors (Lipinski definition) is 0. The highest BCUT2D eigenvalue weighted by Crippen LogP contribution is 2.28. The predicted octanol–water partition coefficient (Wildman–Crippen LogP) is 3.30. The molecule has 19 heavy (non-hydrogen) atoms. The van der Waals surface area contributed by atoms with E-state index in [0.717, 1.165) is 12.0 Å². The van der Waals surface area contributed by atoms with E-state index in [0.29, 0.717) is 19.0 Å². The fourth-order valence-corrected chi connectivity index (χ4v) is 2.26. The zero-order chi connectivity index (χ0) is 14.3. The Morgan fingerprint density at radius 3 is 2.42 bits per heavy atom. The Bertz CT molecular complexity index is 432. The molecule has 0 saturated carbocycles. The highest BCUT2D eigenvalue weighted by Gasteiger charge is 2.28. The number of carbonyl (C=O) groups is 1. The van der Waals surface area contributed by atoms with Gasteiger partial charge in [-0.15, -0.1) is 6.42 Å². The van der Waals surface area contributed by atoms with Crippen LogP contribution in [-0.4, -0.2) is 23.9 Å². The largest absolute Gasteiger partial charge is 0.331 e. The number of terminal acetylenes is 1. The average Bonchev–Trinajstić information content (AvgIpc) is 2.45. The number of benzene rings is 1. The minimum absolute atomic E-state index is 0.0977. The monoisotopic (exact) mass is 257 g/mol. The summed E-state index contributed by atoms with van der Waals surface area (Å²) < 4.78 is 0. The summed E-state index contributed by atoms with van der Waals surface area (Å²) in [6, 6.07) is 9.99. The van der Waals surface area contributed by atoms with E-state index >= 15 is 0 Å². The highest BCUT2D eigenvalue weighted by atomic mass is 16.2. The van der Waals surface area contributed by atoms with Crippen LogP contribution in [0.1, 0.15) is 38.7 Å². The van der Waals surface area contributed by atoms with Crippen molar-refractivity contribution in [2.75, 3.05) is 13.1 Å². The molecule has 2 atom stereocenters. The molecule has 0 heterocycles. The van der Waals surface area contributed by atoms with Gasteiger partial charge in [-0.25, -0.2) is 0 Å². The van der Waals surface area contributed by atoms with Crippen LogP contribution in [-0.2, 0) is 4.79 Å². The van der Waals surface area contributed by atoms with E-state index in [-0.39, 0.29) is 11.8 Å². The summed E-state index contributed by atoms with van der Waals surface area (Å²) in [6.07, 6.45) is 6.32. The van der Waals surface area contributed by atoms with Gasteiger partial charge in [-0.3, -0.25) is 4.79 Å². The van der Waals surface area contributed by atoms with Crippen LogP contribution in [0.5, 0.6) is 0 Å². The summed E-state index contributed by atoms with van der Waals surface area (Å²) in [5.74, 6) is 2.92. The summed E-state index contributed by atoms with van der Waals surface area (Å²) in [5.41, 5.74) is 1.08. The molecule has 0 saturated heterocycles. The zero-order valence-corrected chi connectivity index (χ0v) is 12.1. The molecule has 2 heteroatoms. The van der Waals surface area contributed by atoms with Crippen molar-refractivity contribution in [2.45, 2.75) is 33.1 Å². The van der Waals surface area contributed by atoms with Gasteiger partial charge in [0.15, 0.2) is 0 Å². The highest BCUT2D eigenvalue weighted by molar-refractivity contribution is 5.84. The first kappa shape index (κ1) is 15.3. The number of amides is 1. The molecular formula is C17H23NO. The van der Waals surface area contributed by atoms with E-state index in [2.05, 4.69) is 19.8 Å². The maximum Gasteiger partial charge on any atom is 0.231 e. The lowest BCUT2D eigenvalue weighted by Gasteiger charge is -2.28.